The van der Waals surface area contributed by atoms with Crippen molar-refractivity contribution in [1.29, 1.82) is 0 Å². The van der Waals surface area contributed by atoms with Gasteiger partial charge in [0.2, 0.25) is 5.95 Å². The minimum absolute atomic E-state index is 0.146. The fraction of sp³-hybridized carbons (Fsp3) is 0.455. The molecular formula is C22H31N7O. The largest absolute Gasteiger partial charge is 0.386 e. The zero-order valence-electron chi connectivity index (χ0n) is 18.2. The van der Waals surface area contributed by atoms with Crippen molar-refractivity contribution >= 4 is 17.8 Å². The van der Waals surface area contributed by atoms with Gasteiger partial charge < -0.3 is 21.3 Å². The molecule has 1 fully saturated rings. The lowest BCUT2D eigenvalue weighted by molar-refractivity contribution is 0.161. The first-order valence-corrected chi connectivity index (χ1v) is 10.2. The molecule has 0 bridgehead atoms. The number of rotatable bonds is 4. The number of hydrogen-bond acceptors (Lipinski definition) is 5. The first-order chi connectivity index (χ1) is 14.2. The van der Waals surface area contributed by atoms with Crippen molar-refractivity contribution in [2.45, 2.75) is 26.2 Å². The number of carbonyl (C=O) groups is 1. The molecule has 8 nitrogen and oxygen atoms in total. The second kappa shape index (κ2) is 8.79. The van der Waals surface area contributed by atoms with Crippen molar-refractivity contribution in [3.05, 3.63) is 42.2 Å². The monoisotopic (exact) mass is 409 g/mol. The van der Waals surface area contributed by atoms with Gasteiger partial charge in [-0.1, -0.05) is 38.1 Å². The molecular weight excluding hydrogens is 378 g/mol. The van der Waals surface area contributed by atoms with E-state index in [4.69, 9.17) is 11.5 Å². The number of likely N-dealkylation sites (N-methyl/N-ethyl adjacent to an activating group) is 1. The van der Waals surface area contributed by atoms with E-state index in [1.165, 1.54) is 0 Å². The number of nitrogen functional groups attached to an aromatic ring is 1. The molecule has 2 amide bonds. The number of urea groups is 1. The summed E-state index contributed by atoms with van der Waals surface area (Å²) in [5, 5.41) is 0. The molecule has 2 aromatic rings. The van der Waals surface area contributed by atoms with E-state index in [-0.39, 0.29) is 17.9 Å². The molecule has 0 spiro atoms. The lowest BCUT2D eigenvalue weighted by Crippen LogP contribution is -2.48. The van der Waals surface area contributed by atoms with Gasteiger partial charge in [-0.25, -0.2) is 14.8 Å². The summed E-state index contributed by atoms with van der Waals surface area (Å²) in [6.07, 6.45) is 3.40. The first-order valence-electron chi connectivity index (χ1n) is 10.2. The molecule has 0 radical (unpaired) electrons. The van der Waals surface area contributed by atoms with Gasteiger partial charge in [-0.3, -0.25) is 0 Å². The fourth-order valence-electron chi connectivity index (χ4n) is 3.56. The van der Waals surface area contributed by atoms with Crippen molar-refractivity contribution in [1.82, 2.24) is 19.8 Å². The number of nitrogens with zero attached hydrogens (tertiary/aromatic N) is 5. The zero-order valence-corrected chi connectivity index (χ0v) is 18.2. The molecule has 1 aromatic carbocycles. The predicted octanol–water partition coefficient (Wildman–Crippen LogP) is 2.36. The summed E-state index contributed by atoms with van der Waals surface area (Å²) in [6.45, 7) is 9.24. The molecule has 4 N–H and O–H groups in total. The quantitative estimate of drug-likeness (QED) is 0.592. The van der Waals surface area contributed by atoms with Crippen LogP contribution in [0.4, 0.5) is 10.7 Å². The number of nitrogens with two attached hydrogens (primary N) is 2. The van der Waals surface area contributed by atoms with Crippen LogP contribution in [0.1, 0.15) is 26.3 Å². The highest BCUT2D eigenvalue weighted by molar-refractivity contribution is 5.99. The minimum Gasteiger partial charge on any atom is -0.386 e. The van der Waals surface area contributed by atoms with E-state index in [0.717, 1.165) is 29.8 Å². The average Bonchev–Trinajstić information content (AvgIpc) is 2.74. The van der Waals surface area contributed by atoms with Crippen LogP contribution in [0.2, 0.25) is 0 Å². The van der Waals surface area contributed by atoms with Gasteiger partial charge >= 0.3 is 6.03 Å². The number of carbonyl (C=O) groups excluding carboxylic acids is 1. The number of amidine groups is 1. The predicted molar refractivity (Wildman–Crippen MR) is 120 cm³/mol. The number of aromatic nitrogens is 2. The van der Waals surface area contributed by atoms with E-state index in [2.05, 4.69) is 40.8 Å². The van der Waals surface area contributed by atoms with Crippen LogP contribution in [0, 0.1) is 5.92 Å². The number of benzene rings is 1. The van der Waals surface area contributed by atoms with Crippen LogP contribution in [-0.2, 0) is 5.41 Å². The lowest BCUT2D eigenvalue weighted by Gasteiger charge is -2.35. The van der Waals surface area contributed by atoms with Crippen molar-refractivity contribution in [2.24, 2.45) is 16.6 Å². The summed E-state index contributed by atoms with van der Waals surface area (Å²) in [7, 11) is 2.05. The number of hydrogen-bond donors (Lipinski definition) is 2. The summed E-state index contributed by atoms with van der Waals surface area (Å²) < 4.78 is 0. The summed E-state index contributed by atoms with van der Waals surface area (Å²) in [5.74, 6) is 0.731. The third-order valence-corrected chi connectivity index (χ3v) is 6.17. The smallest absolute Gasteiger partial charge is 0.345 e. The van der Waals surface area contributed by atoms with Crippen molar-refractivity contribution in [2.75, 3.05) is 39.0 Å². The molecule has 2 heterocycles. The van der Waals surface area contributed by atoms with Crippen molar-refractivity contribution in [3.63, 3.8) is 0 Å². The topological polar surface area (TPSA) is 114 Å². The van der Waals surface area contributed by atoms with Gasteiger partial charge in [-0.2, -0.15) is 4.99 Å². The molecule has 1 aliphatic heterocycles. The van der Waals surface area contributed by atoms with Gasteiger partial charge in [-0.15, -0.1) is 0 Å². The van der Waals surface area contributed by atoms with Crippen LogP contribution < -0.4 is 11.5 Å². The molecule has 160 valence electrons. The Hall–Kier alpha value is -3.00. The van der Waals surface area contributed by atoms with Crippen LogP contribution in [-0.4, -0.2) is 64.9 Å². The Bertz CT molecular complexity index is 900. The molecule has 1 unspecified atom stereocenters. The molecule has 0 aliphatic carbocycles. The third-order valence-electron chi connectivity index (χ3n) is 6.17. The summed E-state index contributed by atoms with van der Waals surface area (Å²) >= 11 is 0. The molecule has 1 aliphatic rings. The molecule has 30 heavy (non-hydrogen) atoms. The SMILES string of the molecule is CC(C)C(C)(C(N)=NC(=O)N1CCN(C)CC1)c1ccc(-c2cnc(N)nc2)cc1. The molecule has 3 rings (SSSR count). The average molecular weight is 410 g/mol. The van der Waals surface area contributed by atoms with Crippen LogP contribution in [0.25, 0.3) is 11.1 Å². The lowest BCUT2D eigenvalue weighted by atomic mass is 9.72. The summed E-state index contributed by atoms with van der Waals surface area (Å²) in [5.41, 5.74) is 14.3. The molecule has 8 heteroatoms. The fourth-order valence-corrected chi connectivity index (χ4v) is 3.56. The van der Waals surface area contributed by atoms with E-state index in [0.29, 0.717) is 18.9 Å². The Morgan fingerprint density at radius 1 is 1.07 bits per heavy atom. The van der Waals surface area contributed by atoms with Gasteiger partial charge in [0, 0.05) is 44.1 Å². The number of piperazine rings is 1. The highest BCUT2D eigenvalue weighted by Crippen LogP contribution is 2.34. The molecule has 1 saturated heterocycles. The van der Waals surface area contributed by atoms with Crippen LogP contribution in [0.3, 0.4) is 0 Å². The molecule has 1 atom stereocenters. The third kappa shape index (κ3) is 4.43. The maximum Gasteiger partial charge on any atom is 0.345 e. The Kier molecular flexibility index (Phi) is 6.36. The Labute approximate surface area is 178 Å². The second-order valence-electron chi connectivity index (χ2n) is 8.33. The highest BCUT2D eigenvalue weighted by atomic mass is 16.2. The van der Waals surface area contributed by atoms with Gasteiger partial charge in [0.25, 0.3) is 0 Å². The van der Waals surface area contributed by atoms with Gasteiger partial charge in [0.05, 0.1) is 5.41 Å². The summed E-state index contributed by atoms with van der Waals surface area (Å²) in [6, 6.07) is 7.78. The van der Waals surface area contributed by atoms with Gasteiger partial charge in [0.15, 0.2) is 0 Å². The van der Waals surface area contributed by atoms with Crippen molar-refractivity contribution in [3.8, 4) is 11.1 Å². The molecule has 0 saturated carbocycles. The maximum absolute atomic E-state index is 12.7. The van der Waals surface area contributed by atoms with Crippen LogP contribution in [0.5, 0.6) is 0 Å². The number of aliphatic imine (C=N–C) groups is 1. The standard InChI is InChI=1S/C22H31N7O/c1-15(2)22(3,19(23)27-21(30)29-11-9-28(4)10-12-29)18-7-5-16(6-8-18)17-13-25-20(24)26-14-17/h5-8,13-15H,9-12H2,1-4H3,(H2,23,27,30)(H2,24,25,26). The van der Waals surface area contributed by atoms with E-state index in [1.54, 1.807) is 17.3 Å². The number of anilines is 1. The van der Waals surface area contributed by atoms with Gasteiger partial charge in [0.1, 0.15) is 5.84 Å². The van der Waals surface area contributed by atoms with Crippen LogP contribution in [0.15, 0.2) is 41.7 Å². The van der Waals surface area contributed by atoms with E-state index in [1.807, 2.05) is 31.2 Å². The zero-order chi connectivity index (χ0) is 21.9. The Balaban J connectivity index is 1.85. The Morgan fingerprint density at radius 2 is 1.63 bits per heavy atom. The minimum atomic E-state index is -0.571. The van der Waals surface area contributed by atoms with E-state index in [9.17, 15) is 4.79 Å². The molecule has 1 aromatic heterocycles. The number of amides is 2. The maximum atomic E-state index is 12.7. The van der Waals surface area contributed by atoms with Crippen LogP contribution >= 0.6 is 0 Å². The van der Waals surface area contributed by atoms with Gasteiger partial charge in [-0.05, 0) is 31.0 Å². The van der Waals surface area contributed by atoms with E-state index >= 15 is 0 Å². The van der Waals surface area contributed by atoms with Crippen molar-refractivity contribution < 1.29 is 4.79 Å². The second-order valence-corrected chi connectivity index (χ2v) is 8.33. The highest BCUT2D eigenvalue weighted by Gasteiger charge is 2.36. The summed E-state index contributed by atoms with van der Waals surface area (Å²) in [4.78, 5) is 29.1. The van der Waals surface area contributed by atoms with E-state index < -0.39 is 5.41 Å². The normalized spacial score (nSPS) is 17.8. The Morgan fingerprint density at radius 3 is 2.17 bits per heavy atom. The first kappa shape index (κ1) is 21.7.